The van der Waals surface area contributed by atoms with E-state index in [1.54, 1.807) is 12.1 Å². The Morgan fingerprint density at radius 3 is 2.45 bits per heavy atom. The Morgan fingerprint density at radius 2 is 1.82 bits per heavy atom. The van der Waals surface area contributed by atoms with E-state index in [2.05, 4.69) is 5.32 Å². The molecule has 0 saturated carbocycles. The first-order valence-corrected chi connectivity index (χ1v) is 7.89. The summed E-state index contributed by atoms with van der Waals surface area (Å²) in [6.07, 6.45) is 0. The van der Waals surface area contributed by atoms with Gasteiger partial charge in [-0.05, 0) is 36.4 Å². The van der Waals surface area contributed by atoms with E-state index in [0.29, 0.717) is 11.4 Å². The molecule has 0 aromatic heterocycles. The molecule has 0 atom stereocenters. The third-order valence-electron chi connectivity index (χ3n) is 3.00. The Morgan fingerprint density at radius 1 is 1.14 bits per heavy atom. The van der Waals surface area contributed by atoms with Crippen LogP contribution >= 0.6 is 0 Å². The number of carbonyl (C=O) groups is 1. The van der Waals surface area contributed by atoms with Gasteiger partial charge < -0.3 is 15.8 Å². The lowest BCUT2D eigenvalue weighted by Gasteiger charge is -2.10. The van der Waals surface area contributed by atoms with Gasteiger partial charge >= 0.3 is 0 Å². The van der Waals surface area contributed by atoms with Crippen LogP contribution in [0.4, 0.5) is 11.4 Å². The second kappa shape index (κ2) is 6.07. The van der Waals surface area contributed by atoms with Gasteiger partial charge in [-0.3, -0.25) is 4.79 Å². The standard InChI is InChI=1S/C15H16N2O4S/c1-10(18)17-15-9-13(6-7-14(15)16)22(19,20)12-5-3-4-11(8-12)21-2/h3-9H,16H2,1-2H3,(H,17,18). The molecule has 0 aliphatic rings. The van der Waals surface area contributed by atoms with Crippen molar-refractivity contribution in [3.63, 3.8) is 0 Å². The summed E-state index contributed by atoms with van der Waals surface area (Å²) >= 11 is 0. The largest absolute Gasteiger partial charge is 0.497 e. The zero-order valence-electron chi connectivity index (χ0n) is 12.2. The molecule has 3 N–H and O–H groups in total. The smallest absolute Gasteiger partial charge is 0.221 e. The zero-order chi connectivity index (χ0) is 16.3. The summed E-state index contributed by atoms with van der Waals surface area (Å²) < 4.78 is 30.3. The minimum atomic E-state index is -3.73. The monoisotopic (exact) mass is 320 g/mol. The molecular formula is C15H16N2O4S. The number of hydrogen-bond acceptors (Lipinski definition) is 5. The molecule has 2 aromatic rings. The normalized spacial score (nSPS) is 11.0. The number of amides is 1. The third kappa shape index (κ3) is 3.20. The average molecular weight is 320 g/mol. The van der Waals surface area contributed by atoms with E-state index in [4.69, 9.17) is 10.5 Å². The summed E-state index contributed by atoms with van der Waals surface area (Å²) in [5.74, 6) is 0.112. The highest BCUT2D eigenvalue weighted by Crippen LogP contribution is 2.28. The second-order valence-corrected chi connectivity index (χ2v) is 6.56. The van der Waals surface area contributed by atoms with E-state index >= 15 is 0 Å². The minimum absolute atomic E-state index is 0.0405. The van der Waals surface area contributed by atoms with Crippen LogP contribution in [0, 0.1) is 0 Å². The number of anilines is 2. The van der Waals surface area contributed by atoms with E-state index in [1.807, 2.05) is 0 Å². The molecule has 1 amide bonds. The first-order valence-electron chi connectivity index (χ1n) is 6.41. The predicted octanol–water partition coefficient (Wildman–Crippen LogP) is 2.07. The van der Waals surface area contributed by atoms with Gasteiger partial charge in [0, 0.05) is 6.92 Å². The van der Waals surface area contributed by atoms with Gasteiger partial charge in [-0.2, -0.15) is 0 Å². The lowest BCUT2D eigenvalue weighted by Crippen LogP contribution is -2.10. The number of ether oxygens (including phenoxy) is 1. The van der Waals surface area contributed by atoms with Gasteiger partial charge in [0.2, 0.25) is 15.7 Å². The Kier molecular flexibility index (Phi) is 4.37. The van der Waals surface area contributed by atoms with E-state index in [1.165, 1.54) is 44.4 Å². The van der Waals surface area contributed by atoms with Gasteiger partial charge in [-0.25, -0.2) is 8.42 Å². The number of nitrogen functional groups attached to an aromatic ring is 1. The highest BCUT2D eigenvalue weighted by Gasteiger charge is 2.19. The Hall–Kier alpha value is -2.54. The predicted molar refractivity (Wildman–Crippen MR) is 83.6 cm³/mol. The van der Waals surface area contributed by atoms with Crippen molar-refractivity contribution < 1.29 is 17.9 Å². The van der Waals surface area contributed by atoms with Crippen LogP contribution in [-0.2, 0) is 14.6 Å². The molecule has 0 fully saturated rings. The third-order valence-corrected chi connectivity index (χ3v) is 4.75. The molecule has 0 radical (unpaired) electrons. The Labute approximate surface area is 128 Å². The van der Waals surface area contributed by atoms with Gasteiger partial charge in [-0.15, -0.1) is 0 Å². The molecule has 0 bridgehead atoms. The maximum atomic E-state index is 12.6. The summed E-state index contributed by atoms with van der Waals surface area (Å²) in [5, 5.41) is 2.51. The highest BCUT2D eigenvalue weighted by atomic mass is 32.2. The Balaban J connectivity index is 2.51. The van der Waals surface area contributed by atoms with E-state index in [-0.39, 0.29) is 21.4 Å². The van der Waals surface area contributed by atoms with Crippen molar-refractivity contribution >= 4 is 27.1 Å². The molecule has 7 heteroatoms. The molecule has 116 valence electrons. The minimum Gasteiger partial charge on any atom is -0.497 e. The first-order chi connectivity index (χ1) is 10.3. The number of carbonyl (C=O) groups excluding carboxylic acids is 1. The topological polar surface area (TPSA) is 98.5 Å². The van der Waals surface area contributed by atoms with Crippen molar-refractivity contribution in [1.82, 2.24) is 0 Å². The second-order valence-electron chi connectivity index (χ2n) is 4.61. The number of nitrogens with two attached hydrogens (primary N) is 1. The van der Waals surface area contributed by atoms with Crippen LogP contribution < -0.4 is 15.8 Å². The lowest BCUT2D eigenvalue weighted by molar-refractivity contribution is -0.114. The van der Waals surface area contributed by atoms with Crippen LogP contribution in [0.3, 0.4) is 0 Å². The SMILES string of the molecule is COc1cccc(S(=O)(=O)c2ccc(N)c(NC(C)=O)c2)c1. The first kappa shape index (κ1) is 15.8. The fourth-order valence-corrected chi connectivity index (χ4v) is 3.23. The van der Waals surface area contributed by atoms with E-state index < -0.39 is 9.84 Å². The van der Waals surface area contributed by atoms with Crippen molar-refractivity contribution in [3.05, 3.63) is 42.5 Å². The number of benzene rings is 2. The van der Waals surface area contributed by atoms with E-state index in [0.717, 1.165) is 0 Å². The van der Waals surface area contributed by atoms with Crippen molar-refractivity contribution in [3.8, 4) is 5.75 Å². The molecular weight excluding hydrogens is 304 g/mol. The molecule has 0 heterocycles. The van der Waals surface area contributed by atoms with Crippen LogP contribution in [0.25, 0.3) is 0 Å². The number of nitrogens with one attached hydrogen (secondary N) is 1. The molecule has 0 spiro atoms. The lowest BCUT2D eigenvalue weighted by atomic mass is 10.2. The van der Waals surface area contributed by atoms with Gasteiger partial charge in [0.15, 0.2) is 0 Å². The van der Waals surface area contributed by atoms with Gasteiger partial charge in [-0.1, -0.05) is 6.07 Å². The molecule has 2 rings (SSSR count). The zero-order valence-corrected chi connectivity index (χ0v) is 13.0. The number of rotatable bonds is 4. The summed E-state index contributed by atoms with van der Waals surface area (Å²) in [6, 6.07) is 10.3. The molecule has 0 unspecified atom stereocenters. The van der Waals surface area contributed by atoms with E-state index in [9.17, 15) is 13.2 Å². The molecule has 2 aromatic carbocycles. The quantitative estimate of drug-likeness (QED) is 0.840. The fraction of sp³-hybridized carbons (Fsp3) is 0.133. The van der Waals surface area contributed by atoms with Gasteiger partial charge in [0.25, 0.3) is 0 Å². The van der Waals surface area contributed by atoms with Crippen molar-refractivity contribution in [1.29, 1.82) is 0 Å². The molecule has 6 nitrogen and oxygen atoms in total. The maximum Gasteiger partial charge on any atom is 0.221 e. The maximum absolute atomic E-state index is 12.6. The van der Waals surface area contributed by atoms with Crippen molar-refractivity contribution in [2.75, 3.05) is 18.2 Å². The molecule has 22 heavy (non-hydrogen) atoms. The number of sulfone groups is 1. The van der Waals surface area contributed by atoms with Gasteiger partial charge in [0.05, 0.1) is 28.3 Å². The Bertz CT molecular complexity index is 816. The molecule has 0 aliphatic carbocycles. The van der Waals surface area contributed by atoms with Crippen molar-refractivity contribution in [2.45, 2.75) is 16.7 Å². The van der Waals surface area contributed by atoms with Gasteiger partial charge in [0.1, 0.15) is 5.75 Å². The molecule has 0 aliphatic heterocycles. The van der Waals surface area contributed by atoms with Crippen LogP contribution in [0.1, 0.15) is 6.92 Å². The molecule has 0 saturated heterocycles. The van der Waals surface area contributed by atoms with Crippen LogP contribution in [0.5, 0.6) is 5.75 Å². The summed E-state index contributed by atoms with van der Waals surface area (Å²) in [7, 11) is -2.27. The number of hydrogen-bond donors (Lipinski definition) is 2. The van der Waals surface area contributed by atoms with Crippen LogP contribution in [-0.4, -0.2) is 21.4 Å². The number of methoxy groups -OCH3 is 1. The van der Waals surface area contributed by atoms with Crippen molar-refractivity contribution in [2.24, 2.45) is 0 Å². The summed E-state index contributed by atoms with van der Waals surface area (Å²) in [5.41, 5.74) is 6.29. The summed E-state index contributed by atoms with van der Waals surface area (Å²) in [4.78, 5) is 11.3. The van der Waals surface area contributed by atoms with Crippen LogP contribution in [0.2, 0.25) is 0 Å². The fourth-order valence-electron chi connectivity index (χ4n) is 1.90. The summed E-state index contributed by atoms with van der Waals surface area (Å²) in [6.45, 7) is 1.32. The highest BCUT2D eigenvalue weighted by molar-refractivity contribution is 7.91. The average Bonchev–Trinajstić information content (AvgIpc) is 2.49. The van der Waals surface area contributed by atoms with Crippen LogP contribution in [0.15, 0.2) is 52.3 Å².